The van der Waals surface area contributed by atoms with Crippen LogP contribution in [0.5, 0.6) is 0 Å². The molecule has 1 aliphatic carbocycles. The molecule has 1 aliphatic rings. The number of nitrogens with zero attached hydrogens (tertiary/aromatic N) is 2. The Bertz CT molecular complexity index is 1740. The topological polar surface area (TPSA) is 86.8 Å². The van der Waals surface area contributed by atoms with Crippen molar-refractivity contribution in [1.82, 2.24) is 10.2 Å². The summed E-state index contributed by atoms with van der Waals surface area (Å²) in [5, 5.41) is 3.16. The first-order valence-electron chi connectivity index (χ1n) is 15.6. The summed E-state index contributed by atoms with van der Waals surface area (Å²) >= 11 is 0. The number of aryl methyl sites for hydroxylation is 2. The van der Waals surface area contributed by atoms with Gasteiger partial charge in [-0.2, -0.15) is 0 Å². The van der Waals surface area contributed by atoms with Crippen LogP contribution in [0.1, 0.15) is 47.9 Å². The van der Waals surface area contributed by atoms with Crippen LogP contribution in [-0.4, -0.2) is 43.8 Å². The normalized spacial score (nSPS) is 14.1. The number of halogens is 1. The van der Waals surface area contributed by atoms with Crippen LogP contribution in [0.25, 0.3) is 0 Å². The second kappa shape index (κ2) is 14.7. The lowest BCUT2D eigenvalue weighted by Gasteiger charge is -2.34. The molecule has 1 fully saturated rings. The number of hydrogen-bond acceptors (Lipinski definition) is 4. The van der Waals surface area contributed by atoms with E-state index in [9.17, 15) is 22.4 Å². The van der Waals surface area contributed by atoms with Gasteiger partial charge in [-0.05, 0) is 79.8 Å². The van der Waals surface area contributed by atoms with Crippen LogP contribution in [0, 0.1) is 19.7 Å². The molecular weight excluding hydrogens is 601 g/mol. The molecule has 5 rings (SSSR count). The molecule has 240 valence electrons. The zero-order valence-corrected chi connectivity index (χ0v) is 27.0. The van der Waals surface area contributed by atoms with E-state index in [1.54, 1.807) is 42.5 Å². The molecule has 46 heavy (non-hydrogen) atoms. The van der Waals surface area contributed by atoms with E-state index in [0.717, 1.165) is 46.7 Å². The summed E-state index contributed by atoms with van der Waals surface area (Å²) in [5.41, 5.74) is 3.54. The minimum atomic E-state index is -4.18. The van der Waals surface area contributed by atoms with E-state index in [0.29, 0.717) is 11.3 Å². The van der Waals surface area contributed by atoms with Gasteiger partial charge in [0, 0.05) is 19.0 Å². The maximum absolute atomic E-state index is 14.6. The first-order chi connectivity index (χ1) is 22.1. The van der Waals surface area contributed by atoms with E-state index in [-0.39, 0.29) is 29.8 Å². The van der Waals surface area contributed by atoms with Crippen molar-refractivity contribution >= 4 is 27.5 Å². The lowest BCUT2D eigenvalue weighted by Crippen LogP contribution is -2.54. The Kier molecular flexibility index (Phi) is 10.5. The molecular formula is C37H40FN3O4S. The molecule has 2 amide bonds. The van der Waals surface area contributed by atoms with Crippen LogP contribution >= 0.6 is 0 Å². The maximum atomic E-state index is 14.6. The molecule has 0 aromatic heterocycles. The van der Waals surface area contributed by atoms with Gasteiger partial charge < -0.3 is 10.2 Å². The average molecular weight is 642 g/mol. The number of rotatable bonds is 12. The first kappa shape index (κ1) is 32.9. The Labute approximate surface area is 271 Å². The van der Waals surface area contributed by atoms with Gasteiger partial charge >= 0.3 is 0 Å². The summed E-state index contributed by atoms with van der Waals surface area (Å²) in [6, 6.07) is 27.7. The van der Waals surface area contributed by atoms with Crippen molar-refractivity contribution in [2.45, 2.75) is 69.5 Å². The molecule has 0 heterocycles. The second-order valence-electron chi connectivity index (χ2n) is 12.0. The Morgan fingerprint density at radius 3 is 2.15 bits per heavy atom. The Balaban J connectivity index is 1.56. The minimum absolute atomic E-state index is 0.0130. The smallest absolute Gasteiger partial charge is 0.264 e. The van der Waals surface area contributed by atoms with E-state index in [2.05, 4.69) is 5.32 Å². The van der Waals surface area contributed by atoms with Gasteiger partial charge in [-0.25, -0.2) is 12.8 Å². The molecule has 0 unspecified atom stereocenters. The standard InChI is InChI=1S/C37H40FN3O4S/c1-27-15-21-34(22-16-27)46(44,45)41(33-14-8-9-28(2)23-33)26-36(42)40(25-30-17-19-31(38)20-18-30)35(24-29-10-4-3-5-11-29)37(43)39-32-12-6-7-13-32/h3-5,8-11,14-23,32,35H,6-7,12-13,24-26H2,1-2H3,(H,39,43)/t35-/m0/s1. The van der Waals surface area contributed by atoms with Crippen molar-refractivity contribution in [3.63, 3.8) is 0 Å². The van der Waals surface area contributed by atoms with Crippen molar-refractivity contribution in [1.29, 1.82) is 0 Å². The highest BCUT2D eigenvalue weighted by Crippen LogP contribution is 2.26. The Morgan fingerprint density at radius 1 is 0.826 bits per heavy atom. The number of benzene rings is 4. The van der Waals surface area contributed by atoms with E-state index in [1.165, 1.54) is 29.2 Å². The molecule has 0 aliphatic heterocycles. The summed E-state index contributed by atoms with van der Waals surface area (Å²) in [6.07, 6.45) is 4.00. The van der Waals surface area contributed by atoms with Gasteiger partial charge in [0.2, 0.25) is 11.8 Å². The van der Waals surface area contributed by atoms with Crippen molar-refractivity contribution in [3.05, 3.63) is 131 Å². The first-order valence-corrected chi connectivity index (χ1v) is 17.1. The van der Waals surface area contributed by atoms with Crippen LogP contribution in [0.4, 0.5) is 10.1 Å². The van der Waals surface area contributed by atoms with Crippen molar-refractivity contribution < 1.29 is 22.4 Å². The summed E-state index contributed by atoms with van der Waals surface area (Å²) < 4.78 is 43.3. The molecule has 9 heteroatoms. The third-order valence-corrected chi connectivity index (χ3v) is 10.2. The zero-order valence-electron chi connectivity index (χ0n) is 26.2. The SMILES string of the molecule is Cc1ccc(S(=O)(=O)N(CC(=O)N(Cc2ccc(F)cc2)[C@@H](Cc2ccccc2)C(=O)NC2CCCC2)c2cccc(C)c2)cc1. The number of anilines is 1. The maximum Gasteiger partial charge on any atom is 0.264 e. The van der Waals surface area contributed by atoms with Crippen molar-refractivity contribution in [2.24, 2.45) is 0 Å². The molecule has 0 saturated heterocycles. The number of carbonyl (C=O) groups is 2. The molecule has 0 spiro atoms. The van der Waals surface area contributed by atoms with E-state index < -0.39 is 34.3 Å². The number of sulfonamides is 1. The van der Waals surface area contributed by atoms with Crippen LogP contribution in [-0.2, 0) is 32.6 Å². The lowest BCUT2D eigenvalue weighted by atomic mass is 10.0. The third kappa shape index (κ3) is 8.20. The second-order valence-corrected chi connectivity index (χ2v) is 13.9. The van der Waals surface area contributed by atoms with Crippen LogP contribution in [0.15, 0.2) is 108 Å². The highest BCUT2D eigenvalue weighted by atomic mass is 32.2. The van der Waals surface area contributed by atoms with Crippen LogP contribution in [0.2, 0.25) is 0 Å². The zero-order chi connectivity index (χ0) is 32.7. The van der Waals surface area contributed by atoms with Gasteiger partial charge in [-0.1, -0.05) is 85.1 Å². The van der Waals surface area contributed by atoms with Crippen molar-refractivity contribution in [2.75, 3.05) is 10.8 Å². The molecule has 1 N–H and O–H groups in total. The van der Waals surface area contributed by atoms with Crippen LogP contribution in [0.3, 0.4) is 0 Å². The highest BCUT2D eigenvalue weighted by Gasteiger charge is 2.35. The molecule has 1 atom stereocenters. The molecule has 7 nitrogen and oxygen atoms in total. The fraction of sp³-hybridized carbons (Fsp3) is 0.297. The van der Waals surface area contributed by atoms with Crippen molar-refractivity contribution in [3.8, 4) is 0 Å². The molecule has 0 radical (unpaired) electrons. The third-order valence-electron chi connectivity index (χ3n) is 8.42. The van der Waals surface area contributed by atoms with Crippen LogP contribution < -0.4 is 9.62 Å². The summed E-state index contributed by atoms with van der Waals surface area (Å²) in [4.78, 5) is 30.1. The van der Waals surface area contributed by atoms with Gasteiger partial charge in [-0.3, -0.25) is 13.9 Å². The van der Waals surface area contributed by atoms with Gasteiger partial charge in [0.1, 0.15) is 18.4 Å². The average Bonchev–Trinajstić information content (AvgIpc) is 3.56. The molecule has 1 saturated carbocycles. The number of hydrogen-bond donors (Lipinski definition) is 1. The van der Waals surface area contributed by atoms with E-state index in [1.807, 2.05) is 50.2 Å². The Morgan fingerprint density at radius 2 is 1.50 bits per heavy atom. The molecule has 4 aromatic carbocycles. The summed E-state index contributed by atoms with van der Waals surface area (Å²) in [5.74, 6) is -1.27. The molecule has 4 aromatic rings. The van der Waals surface area contributed by atoms with Gasteiger partial charge in [0.15, 0.2) is 0 Å². The van der Waals surface area contributed by atoms with Gasteiger partial charge in [0.25, 0.3) is 10.0 Å². The summed E-state index contributed by atoms with van der Waals surface area (Å²) in [6.45, 7) is 3.17. The number of carbonyl (C=O) groups excluding carboxylic acids is 2. The molecule has 0 bridgehead atoms. The number of nitrogens with one attached hydrogen (secondary N) is 1. The lowest BCUT2D eigenvalue weighted by molar-refractivity contribution is -0.140. The predicted molar refractivity (Wildman–Crippen MR) is 178 cm³/mol. The fourth-order valence-corrected chi connectivity index (χ4v) is 7.26. The quantitative estimate of drug-likeness (QED) is 0.196. The Hall–Kier alpha value is -4.50. The summed E-state index contributed by atoms with van der Waals surface area (Å²) in [7, 11) is -4.18. The highest BCUT2D eigenvalue weighted by molar-refractivity contribution is 7.92. The number of amides is 2. The van der Waals surface area contributed by atoms with E-state index >= 15 is 0 Å². The minimum Gasteiger partial charge on any atom is -0.352 e. The monoisotopic (exact) mass is 641 g/mol. The van der Waals surface area contributed by atoms with Gasteiger partial charge in [-0.15, -0.1) is 0 Å². The largest absolute Gasteiger partial charge is 0.352 e. The predicted octanol–water partition coefficient (Wildman–Crippen LogP) is 6.34. The van der Waals surface area contributed by atoms with E-state index in [4.69, 9.17) is 0 Å². The van der Waals surface area contributed by atoms with Gasteiger partial charge in [0.05, 0.1) is 10.6 Å². The fourth-order valence-electron chi connectivity index (χ4n) is 5.86.